The zero-order valence-corrected chi connectivity index (χ0v) is 14.1. The van der Waals surface area contributed by atoms with Crippen LogP contribution < -0.4 is 5.32 Å². The fourth-order valence-corrected chi connectivity index (χ4v) is 3.81. The van der Waals surface area contributed by atoms with Gasteiger partial charge in [0.1, 0.15) is 0 Å². The number of benzene rings is 2. The SMILES string of the molecule is Cc1ccc(Nc2nc3ccc(Br)cc3s2)c(Br)c1. The first-order valence-corrected chi connectivity index (χ1v) is 8.11. The Bertz CT molecular complexity index is 752. The van der Waals surface area contributed by atoms with Gasteiger partial charge in [-0.2, -0.15) is 0 Å². The van der Waals surface area contributed by atoms with Gasteiger partial charge in [-0.3, -0.25) is 0 Å². The van der Waals surface area contributed by atoms with Crippen molar-refractivity contribution >= 4 is 64.2 Å². The molecule has 3 aromatic rings. The van der Waals surface area contributed by atoms with Gasteiger partial charge in [0.15, 0.2) is 5.13 Å². The van der Waals surface area contributed by atoms with Crippen molar-refractivity contribution in [1.82, 2.24) is 4.98 Å². The lowest BCUT2D eigenvalue weighted by atomic mass is 10.2. The second-order valence-corrected chi connectivity index (χ2v) is 7.04. The molecule has 2 nitrogen and oxygen atoms in total. The van der Waals surface area contributed by atoms with Gasteiger partial charge < -0.3 is 5.32 Å². The van der Waals surface area contributed by atoms with Crippen LogP contribution in [0, 0.1) is 6.92 Å². The summed E-state index contributed by atoms with van der Waals surface area (Å²) in [7, 11) is 0. The summed E-state index contributed by atoms with van der Waals surface area (Å²) >= 11 is 8.69. The lowest BCUT2D eigenvalue weighted by Crippen LogP contribution is -1.90. The van der Waals surface area contributed by atoms with Gasteiger partial charge in [0.25, 0.3) is 0 Å². The minimum atomic E-state index is 0.901. The smallest absolute Gasteiger partial charge is 0.188 e. The third-order valence-corrected chi connectivity index (χ3v) is 4.80. The number of hydrogen-bond donors (Lipinski definition) is 1. The van der Waals surface area contributed by atoms with Crippen LogP contribution in [0.1, 0.15) is 5.56 Å². The Labute approximate surface area is 132 Å². The first-order valence-electron chi connectivity index (χ1n) is 5.71. The average molecular weight is 398 g/mol. The Morgan fingerprint density at radius 2 is 1.95 bits per heavy atom. The summed E-state index contributed by atoms with van der Waals surface area (Å²) in [6.45, 7) is 2.07. The zero-order chi connectivity index (χ0) is 13.4. The lowest BCUT2D eigenvalue weighted by Gasteiger charge is -2.05. The van der Waals surface area contributed by atoms with E-state index in [-0.39, 0.29) is 0 Å². The molecule has 0 aliphatic carbocycles. The van der Waals surface area contributed by atoms with Gasteiger partial charge in [-0.15, -0.1) is 0 Å². The second kappa shape index (κ2) is 5.23. The number of aryl methyl sites for hydroxylation is 1. The highest BCUT2D eigenvalue weighted by atomic mass is 79.9. The van der Waals surface area contributed by atoms with E-state index in [4.69, 9.17) is 0 Å². The van der Waals surface area contributed by atoms with E-state index in [1.54, 1.807) is 11.3 Å². The molecule has 2 aromatic carbocycles. The van der Waals surface area contributed by atoms with Gasteiger partial charge in [-0.25, -0.2) is 4.98 Å². The van der Waals surface area contributed by atoms with Crippen molar-refractivity contribution in [3.05, 3.63) is 50.9 Å². The highest BCUT2D eigenvalue weighted by Crippen LogP contribution is 2.32. The van der Waals surface area contributed by atoms with Crippen molar-refractivity contribution < 1.29 is 0 Å². The molecule has 1 heterocycles. The maximum atomic E-state index is 4.58. The van der Waals surface area contributed by atoms with Crippen molar-refractivity contribution in [1.29, 1.82) is 0 Å². The van der Waals surface area contributed by atoms with Crippen molar-refractivity contribution in [3.63, 3.8) is 0 Å². The summed E-state index contributed by atoms with van der Waals surface area (Å²) in [5, 5.41) is 4.25. The summed E-state index contributed by atoms with van der Waals surface area (Å²) in [6.07, 6.45) is 0. The van der Waals surface area contributed by atoms with Gasteiger partial charge >= 0.3 is 0 Å². The normalized spacial score (nSPS) is 10.9. The number of hydrogen-bond acceptors (Lipinski definition) is 3. The predicted octanol–water partition coefficient (Wildman–Crippen LogP) is 5.87. The number of nitrogens with zero attached hydrogens (tertiary/aromatic N) is 1. The Morgan fingerprint density at radius 1 is 1.11 bits per heavy atom. The van der Waals surface area contributed by atoms with Crippen LogP contribution in [0.4, 0.5) is 10.8 Å². The first-order chi connectivity index (χ1) is 9.11. The van der Waals surface area contributed by atoms with Gasteiger partial charge in [-0.1, -0.05) is 33.3 Å². The number of aromatic nitrogens is 1. The van der Waals surface area contributed by atoms with Gasteiger partial charge in [-0.05, 0) is 58.7 Å². The molecular weight excluding hydrogens is 388 g/mol. The average Bonchev–Trinajstić information content (AvgIpc) is 2.74. The zero-order valence-electron chi connectivity index (χ0n) is 10.1. The number of thiazole rings is 1. The molecule has 0 spiro atoms. The fraction of sp³-hybridized carbons (Fsp3) is 0.0714. The summed E-state index contributed by atoms with van der Waals surface area (Å²) in [5.74, 6) is 0. The highest BCUT2D eigenvalue weighted by molar-refractivity contribution is 9.10. The molecule has 0 atom stereocenters. The fourth-order valence-electron chi connectivity index (χ4n) is 1.79. The van der Waals surface area contributed by atoms with E-state index >= 15 is 0 Å². The third-order valence-electron chi connectivity index (χ3n) is 2.72. The van der Waals surface area contributed by atoms with Crippen molar-refractivity contribution in [2.24, 2.45) is 0 Å². The van der Waals surface area contributed by atoms with Crippen molar-refractivity contribution in [2.75, 3.05) is 5.32 Å². The molecule has 0 aliphatic heterocycles. The summed E-state index contributed by atoms with van der Waals surface area (Å²) < 4.78 is 3.29. The number of anilines is 2. The van der Waals surface area contributed by atoms with E-state index in [9.17, 15) is 0 Å². The molecule has 0 unspecified atom stereocenters. The van der Waals surface area contributed by atoms with Crippen molar-refractivity contribution in [2.45, 2.75) is 6.92 Å². The van der Waals surface area contributed by atoms with Crippen LogP contribution in [-0.4, -0.2) is 4.98 Å². The van der Waals surface area contributed by atoms with Crippen LogP contribution >= 0.6 is 43.2 Å². The van der Waals surface area contributed by atoms with Crippen LogP contribution in [0.5, 0.6) is 0 Å². The van der Waals surface area contributed by atoms with Gasteiger partial charge in [0.2, 0.25) is 0 Å². The summed E-state index contributed by atoms with van der Waals surface area (Å²) in [4.78, 5) is 4.58. The van der Waals surface area contributed by atoms with Crippen LogP contribution in [-0.2, 0) is 0 Å². The number of rotatable bonds is 2. The Hall–Kier alpha value is -0.910. The minimum absolute atomic E-state index is 0.901. The predicted molar refractivity (Wildman–Crippen MR) is 89.5 cm³/mol. The first kappa shape index (κ1) is 13.1. The Morgan fingerprint density at radius 3 is 2.74 bits per heavy atom. The Kier molecular flexibility index (Phi) is 3.60. The molecule has 1 N–H and O–H groups in total. The quantitative estimate of drug-likeness (QED) is 0.584. The van der Waals surface area contributed by atoms with Crippen LogP contribution in [0.2, 0.25) is 0 Å². The molecular formula is C14H10Br2N2S. The standard InChI is InChI=1S/C14H10Br2N2S/c1-8-2-4-11(10(16)6-8)17-14-18-12-5-3-9(15)7-13(12)19-14/h2-7H,1H3,(H,17,18). The molecule has 19 heavy (non-hydrogen) atoms. The van der Waals surface area contributed by atoms with Crippen molar-refractivity contribution in [3.8, 4) is 0 Å². The number of halogens is 2. The van der Waals surface area contributed by atoms with Crippen LogP contribution in [0.15, 0.2) is 45.3 Å². The monoisotopic (exact) mass is 396 g/mol. The Balaban J connectivity index is 1.96. The number of fused-ring (bicyclic) bond motifs is 1. The highest BCUT2D eigenvalue weighted by Gasteiger charge is 2.06. The third kappa shape index (κ3) is 2.83. The molecule has 0 saturated carbocycles. The largest absolute Gasteiger partial charge is 0.331 e. The molecule has 3 rings (SSSR count). The lowest BCUT2D eigenvalue weighted by molar-refractivity contribution is 1.40. The van der Waals surface area contributed by atoms with E-state index in [1.807, 2.05) is 12.1 Å². The summed E-state index contributed by atoms with van der Waals surface area (Å²) in [6, 6.07) is 12.3. The molecule has 0 amide bonds. The van der Waals surface area contributed by atoms with E-state index in [0.29, 0.717) is 0 Å². The molecule has 5 heteroatoms. The maximum Gasteiger partial charge on any atom is 0.188 e. The van der Waals surface area contributed by atoms with E-state index in [0.717, 1.165) is 25.3 Å². The number of nitrogens with one attached hydrogen (secondary N) is 1. The molecule has 96 valence electrons. The summed E-state index contributed by atoms with van der Waals surface area (Å²) in [5.41, 5.74) is 3.27. The molecule has 0 aliphatic rings. The second-order valence-electron chi connectivity index (χ2n) is 4.24. The van der Waals surface area contributed by atoms with Crippen LogP contribution in [0.25, 0.3) is 10.2 Å². The van der Waals surface area contributed by atoms with Crippen LogP contribution in [0.3, 0.4) is 0 Å². The van der Waals surface area contributed by atoms with Gasteiger partial charge in [0.05, 0.1) is 15.9 Å². The van der Waals surface area contributed by atoms with E-state index < -0.39 is 0 Å². The topological polar surface area (TPSA) is 24.9 Å². The molecule has 0 bridgehead atoms. The maximum absolute atomic E-state index is 4.58. The van der Waals surface area contributed by atoms with Gasteiger partial charge in [0, 0.05) is 8.95 Å². The minimum Gasteiger partial charge on any atom is -0.331 e. The van der Waals surface area contributed by atoms with E-state index in [2.05, 4.69) is 73.3 Å². The molecule has 0 fully saturated rings. The molecule has 1 aromatic heterocycles. The molecule has 0 radical (unpaired) electrons. The van der Waals surface area contributed by atoms with E-state index in [1.165, 1.54) is 10.3 Å². The molecule has 0 saturated heterocycles.